The van der Waals surface area contributed by atoms with Crippen molar-refractivity contribution in [3.8, 4) is 0 Å². The van der Waals surface area contributed by atoms with Gasteiger partial charge in [-0.05, 0) is 104 Å². The van der Waals surface area contributed by atoms with Gasteiger partial charge in [0.1, 0.15) is 18.3 Å². The van der Waals surface area contributed by atoms with E-state index in [4.69, 9.17) is 13.7 Å². The third kappa shape index (κ3) is 6.62. The molecule has 13 heteroatoms. The Kier molecular flexibility index (Phi) is 10.4. The number of ether oxygens (including phenoxy) is 2. The van der Waals surface area contributed by atoms with E-state index in [-0.39, 0.29) is 47.7 Å². The summed E-state index contributed by atoms with van der Waals surface area (Å²) in [5, 5.41) is 63.9. The van der Waals surface area contributed by atoms with Gasteiger partial charge < -0.3 is 40.1 Å². The first-order valence-corrected chi connectivity index (χ1v) is 18.3. The molecule has 12 nitrogen and oxygen atoms in total. The Labute approximate surface area is 267 Å². The van der Waals surface area contributed by atoms with E-state index >= 15 is 0 Å². The molecule has 0 aromatic heterocycles. The van der Waals surface area contributed by atoms with E-state index in [1.807, 2.05) is 13.8 Å². The molecule has 0 amide bonds. The maximum Gasteiger partial charge on any atom is 0.397 e. The number of hydrogen-bond donors (Lipinski definition) is 7. The molecule has 1 aliphatic heterocycles. The maximum absolute atomic E-state index is 12.1. The van der Waals surface area contributed by atoms with Crippen molar-refractivity contribution in [1.29, 1.82) is 0 Å². The molecule has 262 valence electrons. The minimum Gasteiger partial charge on any atom is -0.393 e. The third-order valence-corrected chi connectivity index (χ3v) is 13.6. The lowest BCUT2D eigenvalue weighted by atomic mass is 9.43. The molecule has 5 fully saturated rings. The Morgan fingerprint density at radius 3 is 2.16 bits per heavy atom. The molecule has 5 aliphatic rings. The molecular formula is C32H56O12S. The van der Waals surface area contributed by atoms with Crippen molar-refractivity contribution >= 4 is 10.4 Å². The first-order chi connectivity index (χ1) is 20.9. The van der Waals surface area contributed by atoms with Gasteiger partial charge >= 0.3 is 10.4 Å². The van der Waals surface area contributed by atoms with Gasteiger partial charge in [0.2, 0.25) is 0 Å². The average molecular weight is 665 g/mol. The molecule has 1 saturated heterocycles. The molecule has 7 N–H and O–H groups in total. The topological polar surface area (TPSA) is 203 Å². The van der Waals surface area contributed by atoms with Crippen LogP contribution in [0.15, 0.2) is 0 Å². The first-order valence-electron chi connectivity index (χ1n) is 16.9. The van der Waals surface area contributed by atoms with Crippen LogP contribution in [-0.2, 0) is 24.1 Å². The molecule has 17 atom stereocenters. The zero-order valence-corrected chi connectivity index (χ0v) is 28.0. The van der Waals surface area contributed by atoms with Crippen LogP contribution in [0.3, 0.4) is 0 Å². The summed E-state index contributed by atoms with van der Waals surface area (Å²) in [6.45, 7) is 10.2. The standard InChI is InChI=1S/C32H56O12S/c1-15(2)22(43-30-29(38)27(36)21(34)14-42-30)7-6-16(3)19-13-23(44-45(39,40)41)25-24-18(9-11-32(19,25)5)31(4)10-8-17(33)12-20(31)26(35)28(24)37/h15-30,33-38H,6-14H2,1-5H3,(H,39,40,41)/t16-,17+,18?,19-,20?,21?,22+,23?,24?,25?,26-,27?,28?,29?,30?,31-,32-/m1/s1. The summed E-state index contributed by atoms with van der Waals surface area (Å²) >= 11 is 0. The Hall–Kier alpha value is -0.450. The summed E-state index contributed by atoms with van der Waals surface area (Å²) in [5.41, 5.74) is -0.765. The van der Waals surface area contributed by atoms with Crippen LogP contribution in [0, 0.1) is 52.3 Å². The van der Waals surface area contributed by atoms with Crippen molar-refractivity contribution in [1.82, 2.24) is 0 Å². The monoisotopic (exact) mass is 664 g/mol. The van der Waals surface area contributed by atoms with E-state index in [2.05, 4.69) is 20.8 Å². The second-order valence-electron chi connectivity index (χ2n) is 15.9. The van der Waals surface area contributed by atoms with Crippen LogP contribution < -0.4 is 0 Å². The maximum atomic E-state index is 12.1. The fourth-order valence-electron chi connectivity index (χ4n) is 10.7. The van der Waals surface area contributed by atoms with Gasteiger partial charge in [0.25, 0.3) is 0 Å². The second-order valence-corrected chi connectivity index (χ2v) is 17.0. The van der Waals surface area contributed by atoms with Gasteiger partial charge in [0, 0.05) is 0 Å². The predicted octanol–water partition coefficient (Wildman–Crippen LogP) is 1.64. The van der Waals surface area contributed by atoms with Crippen LogP contribution in [0.2, 0.25) is 0 Å². The minimum absolute atomic E-state index is 0.00235. The van der Waals surface area contributed by atoms with Crippen molar-refractivity contribution in [3.63, 3.8) is 0 Å². The Bertz CT molecular complexity index is 1140. The van der Waals surface area contributed by atoms with Gasteiger partial charge in [-0.25, -0.2) is 4.18 Å². The SMILES string of the molecule is CC(C)[C@H](CC[C@@H](C)[C@H]1CC(OS(=O)(=O)O)C2C3C(O)[C@H](O)C4C[C@@H](O)CC[C@]4(C)C3CC[C@@]21C)OC1OCC(O)C(O)C1O. The highest BCUT2D eigenvalue weighted by atomic mass is 32.3. The lowest BCUT2D eigenvalue weighted by Crippen LogP contribution is -2.65. The fraction of sp³-hybridized carbons (Fsp3) is 1.00. The van der Waals surface area contributed by atoms with Gasteiger partial charge in [-0.2, -0.15) is 8.42 Å². The van der Waals surface area contributed by atoms with E-state index in [0.29, 0.717) is 38.5 Å². The van der Waals surface area contributed by atoms with Crippen LogP contribution in [0.5, 0.6) is 0 Å². The van der Waals surface area contributed by atoms with Crippen molar-refractivity contribution in [2.24, 2.45) is 52.3 Å². The lowest BCUT2D eigenvalue weighted by Gasteiger charge is -2.64. The Balaban J connectivity index is 1.37. The van der Waals surface area contributed by atoms with Gasteiger partial charge in [0.05, 0.1) is 37.1 Å². The molecule has 0 spiro atoms. The fourth-order valence-corrected chi connectivity index (χ4v) is 11.2. The molecule has 5 rings (SSSR count). The Morgan fingerprint density at radius 2 is 1.51 bits per heavy atom. The largest absolute Gasteiger partial charge is 0.397 e. The van der Waals surface area contributed by atoms with Crippen LogP contribution in [0.25, 0.3) is 0 Å². The summed E-state index contributed by atoms with van der Waals surface area (Å²) < 4.78 is 51.1. The van der Waals surface area contributed by atoms with E-state index in [9.17, 15) is 43.6 Å². The molecule has 0 aromatic carbocycles. The van der Waals surface area contributed by atoms with Crippen LogP contribution in [0.1, 0.15) is 86.0 Å². The number of aliphatic hydroxyl groups is 6. The molecule has 45 heavy (non-hydrogen) atoms. The van der Waals surface area contributed by atoms with Gasteiger partial charge in [-0.15, -0.1) is 0 Å². The predicted molar refractivity (Wildman–Crippen MR) is 162 cm³/mol. The highest BCUT2D eigenvalue weighted by Crippen LogP contribution is 2.69. The van der Waals surface area contributed by atoms with Gasteiger partial charge in [-0.1, -0.05) is 34.6 Å². The number of aliphatic hydroxyl groups excluding tert-OH is 6. The molecule has 1 heterocycles. The molecule has 4 aliphatic carbocycles. The average Bonchev–Trinajstić information content (AvgIpc) is 3.24. The minimum atomic E-state index is -4.79. The summed E-state index contributed by atoms with van der Waals surface area (Å²) in [6, 6.07) is 0. The molecule has 0 aromatic rings. The van der Waals surface area contributed by atoms with Crippen LogP contribution in [-0.4, -0.2) is 105 Å². The third-order valence-electron chi connectivity index (χ3n) is 13.1. The molecule has 4 saturated carbocycles. The normalized spacial score (nSPS) is 50.0. The van der Waals surface area contributed by atoms with Crippen molar-refractivity contribution in [2.75, 3.05) is 6.61 Å². The molecular weight excluding hydrogens is 608 g/mol. The van der Waals surface area contributed by atoms with E-state index < -0.39 is 76.7 Å². The first kappa shape index (κ1) is 35.8. The van der Waals surface area contributed by atoms with Gasteiger partial charge in [0.15, 0.2) is 6.29 Å². The summed E-state index contributed by atoms with van der Waals surface area (Å²) in [7, 11) is -4.79. The highest BCUT2D eigenvalue weighted by molar-refractivity contribution is 7.80. The van der Waals surface area contributed by atoms with E-state index in [1.54, 1.807) is 0 Å². The van der Waals surface area contributed by atoms with Crippen LogP contribution >= 0.6 is 0 Å². The van der Waals surface area contributed by atoms with E-state index in [0.717, 1.165) is 12.8 Å². The van der Waals surface area contributed by atoms with E-state index in [1.165, 1.54) is 0 Å². The smallest absolute Gasteiger partial charge is 0.393 e. The lowest BCUT2D eigenvalue weighted by molar-refractivity contribution is -0.286. The number of rotatable bonds is 9. The van der Waals surface area contributed by atoms with Gasteiger partial charge in [-0.3, -0.25) is 4.55 Å². The van der Waals surface area contributed by atoms with Crippen molar-refractivity contribution < 1.29 is 57.3 Å². The van der Waals surface area contributed by atoms with Crippen molar-refractivity contribution in [2.45, 2.75) is 141 Å². The highest BCUT2D eigenvalue weighted by Gasteiger charge is 2.68. The second kappa shape index (κ2) is 13.1. The number of hydrogen-bond acceptors (Lipinski definition) is 11. The van der Waals surface area contributed by atoms with Crippen molar-refractivity contribution in [3.05, 3.63) is 0 Å². The molecule has 10 unspecified atom stereocenters. The molecule has 0 radical (unpaired) electrons. The summed E-state index contributed by atoms with van der Waals surface area (Å²) in [6.07, 6.45) is -3.91. The zero-order valence-electron chi connectivity index (χ0n) is 27.2. The van der Waals surface area contributed by atoms with Crippen LogP contribution in [0.4, 0.5) is 0 Å². The summed E-state index contributed by atoms with van der Waals surface area (Å²) in [5.74, 6) is -1.01. The zero-order chi connectivity index (χ0) is 33.2. The molecule has 0 bridgehead atoms. The quantitative estimate of drug-likeness (QED) is 0.176. The summed E-state index contributed by atoms with van der Waals surface area (Å²) in [4.78, 5) is 0. The Morgan fingerprint density at radius 1 is 0.844 bits per heavy atom. The number of fused-ring (bicyclic) bond motifs is 5.